The Balaban J connectivity index is 1.28. The molecule has 304 valence electrons. The van der Waals surface area contributed by atoms with E-state index in [2.05, 4.69) is 26.0 Å². The number of ether oxygens (including phenoxy) is 1. The minimum Gasteiger partial charge on any atom is -0.478 e. The lowest BCUT2D eigenvalue weighted by molar-refractivity contribution is -0.292. The first kappa shape index (κ1) is 42.3. The molecule has 0 radical (unpaired) electrons. The summed E-state index contributed by atoms with van der Waals surface area (Å²) in [5.41, 5.74) is 2.99. The van der Waals surface area contributed by atoms with Crippen LogP contribution in [0.4, 0.5) is 32.4 Å². The smallest absolute Gasteiger partial charge is 0.461 e. The van der Waals surface area contributed by atoms with Gasteiger partial charge in [-0.1, -0.05) is 30.3 Å². The molecule has 0 bridgehead atoms. The highest BCUT2D eigenvalue weighted by Gasteiger charge is 2.61. The number of nitrogens with one attached hydrogen (secondary N) is 4. The molecule has 0 spiro atoms. The van der Waals surface area contributed by atoms with E-state index in [0.29, 0.717) is 37.8 Å². The summed E-state index contributed by atoms with van der Waals surface area (Å²) in [5.74, 6) is -9.47. The fourth-order valence-corrected chi connectivity index (χ4v) is 6.44. The number of aromatic carboxylic acids is 1. The van der Waals surface area contributed by atoms with Crippen LogP contribution in [0.3, 0.4) is 0 Å². The average Bonchev–Trinajstić information content (AvgIpc) is 3.65. The third kappa shape index (κ3) is 10.9. The number of alkyl halides is 5. The monoisotopic (exact) mass is 798 g/mol. The lowest BCUT2D eigenvalue weighted by Gasteiger charge is -2.29. The predicted octanol–water partition coefficient (Wildman–Crippen LogP) is 7.80. The van der Waals surface area contributed by atoms with E-state index in [0.717, 1.165) is 16.7 Å². The summed E-state index contributed by atoms with van der Waals surface area (Å²) in [6.07, 6.45) is -3.88. The first-order chi connectivity index (χ1) is 26.7. The largest absolute Gasteiger partial charge is 0.478 e. The van der Waals surface area contributed by atoms with E-state index in [9.17, 15) is 46.2 Å². The van der Waals surface area contributed by atoms with Crippen molar-refractivity contribution in [3.05, 3.63) is 89.2 Å². The normalized spacial score (nSPS) is 16.6. The van der Waals surface area contributed by atoms with Gasteiger partial charge in [0.2, 0.25) is 17.6 Å². The van der Waals surface area contributed by atoms with E-state index in [1.807, 2.05) is 12.1 Å². The summed E-state index contributed by atoms with van der Waals surface area (Å²) in [7, 11) is 0. The Bertz CT molecular complexity index is 2070. The number of halogens is 5. The maximum absolute atomic E-state index is 13.8. The van der Waals surface area contributed by atoms with Gasteiger partial charge in [-0.3, -0.25) is 14.7 Å². The molecule has 12 nitrogen and oxygen atoms in total. The molecular weight excluding hydrogens is 755 g/mol. The number of amides is 3. The van der Waals surface area contributed by atoms with Crippen molar-refractivity contribution >= 4 is 29.6 Å². The zero-order chi connectivity index (χ0) is 41.7. The second-order valence-electron chi connectivity index (χ2n) is 15.0. The van der Waals surface area contributed by atoms with Crippen molar-refractivity contribution in [3.8, 4) is 22.5 Å². The van der Waals surface area contributed by atoms with E-state index >= 15 is 0 Å². The van der Waals surface area contributed by atoms with Crippen molar-refractivity contribution in [2.75, 3.05) is 11.9 Å². The van der Waals surface area contributed by atoms with Gasteiger partial charge in [0.05, 0.1) is 5.56 Å². The average molecular weight is 799 g/mol. The van der Waals surface area contributed by atoms with Gasteiger partial charge < -0.3 is 25.8 Å². The number of H-pyrrole nitrogens is 1. The van der Waals surface area contributed by atoms with Crippen LogP contribution in [0.25, 0.3) is 22.5 Å². The SMILES string of the molecule is Cc1cc(C(=O)O)ccc1-c1ccc(C[C@H](NC(=O)C2CCC(CNC(=O)OC(C)(C)C)CC2)C(=O)Nc2ccc(-c3n[nH]c(C(F)(F)C(F)(F)F)n3)cc2)cc1. The Morgan fingerprint density at radius 3 is 2.11 bits per heavy atom. The quantitative estimate of drug-likeness (QED) is 0.0903. The Kier molecular flexibility index (Phi) is 12.7. The minimum atomic E-state index is -5.87. The first-order valence-electron chi connectivity index (χ1n) is 18.2. The number of benzene rings is 3. The van der Waals surface area contributed by atoms with Crippen molar-refractivity contribution < 1.29 is 51.0 Å². The minimum absolute atomic E-state index is 0.0927. The van der Waals surface area contributed by atoms with E-state index in [-0.39, 0.29) is 41.0 Å². The zero-order valence-electron chi connectivity index (χ0n) is 31.6. The maximum Gasteiger partial charge on any atom is 0.461 e. The molecule has 1 heterocycles. The van der Waals surface area contributed by atoms with Gasteiger partial charge in [0.15, 0.2) is 5.82 Å². The van der Waals surface area contributed by atoms with Gasteiger partial charge in [-0.2, -0.15) is 27.1 Å². The molecular formula is C40H43F5N6O6. The Morgan fingerprint density at radius 2 is 1.53 bits per heavy atom. The van der Waals surface area contributed by atoms with Crippen LogP contribution in [0.2, 0.25) is 0 Å². The molecule has 1 atom stereocenters. The van der Waals surface area contributed by atoms with Gasteiger partial charge in [0, 0.05) is 30.1 Å². The van der Waals surface area contributed by atoms with E-state index in [1.54, 1.807) is 57.1 Å². The maximum atomic E-state index is 13.8. The predicted molar refractivity (Wildman–Crippen MR) is 199 cm³/mol. The van der Waals surface area contributed by atoms with Crippen LogP contribution in [0.5, 0.6) is 0 Å². The van der Waals surface area contributed by atoms with Crippen LogP contribution in [-0.4, -0.2) is 68.5 Å². The van der Waals surface area contributed by atoms with Crippen molar-refractivity contribution in [1.29, 1.82) is 0 Å². The third-order valence-corrected chi connectivity index (χ3v) is 9.51. The second-order valence-corrected chi connectivity index (χ2v) is 15.0. The van der Waals surface area contributed by atoms with Crippen LogP contribution in [-0.2, 0) is 26.7 Å². The lowest BCUT2D eigenvalue weighted by atomic mass is 9.81. The number of carboxylic acid groups (broad SMARTS) is 1. The molecule has 0 aliphatic heterocycles. The molecule has 1 aliphatic carbocycles. The third-order valence-electron chi connectivity index (χ3n) is 9.51. The number of hydrogen-bond donors (Lipinski definition) is 5. The van der Waals surface area contributed by atoms with Crippen LogP contribution in [0.15, 0.2) is 66.7 Å². The summed E-state index contributed by atoms with van der Waals surface area (Å²) in [5, 5.41) is 22.9. The summed E-state index contributed by atoms with van der Waals surface area (Å²) >= 11 is 0. The van der Waals surface area contributed by atoms with Gasteiger partial charge >= 0.3 is 24.2 Å². The topological polar surface area (TPSA) is 175 Å². The lowest BCUT2D eigenvalue weighted by Crippen LogP contribution is -2.48. The Morgan fingerprint density at radius 1 is 0.895 bits per heavy atom. The Labute approximate surface area is 325 Å². The van der Waals surface area contributed by atoms with E-state index < -0.39 is 53.4 Å². The summed E-state index contributed by atoms with van der Waals surface area (Å²) in [4.78, 5) is 54.2. The molecule has 4 aromatic rings. The Hall–Kier alpha value is -5.87. The highest BCUT2D eigenvalue weighted by Crippen LogP contribution is 2.42. The van der Waals surface area contributed by atoms with Gasteiger partial charge in [0.25, 0.3) is 0 Å². The van der Waals surface area contributed by atoms with Gasteiger partial charge in [-0.25, -0.2) is 14.6 Å². The second kappa shape index (κ2) is 17.1. The molecule has 1 saturated carbocycles. The fourth-order valence-electron chi connectivity index (χ4n) is 6.44. The highest BCUT2D eigenvalue weighted by molar-refractivity contribution is 5.98. The first-order valence-corrected chi connectivity index (χ1v) is 18.2. The van der Waals surface area contributed by atoms with Gasteiger partial charge in [-0.05, 0) is 118 Å². The summed E-state index contributed by atoms with van der Waals surface area (Å²) < 4.78 is 71.2. The zero-order valence-corrected chi connectivity index (χ0v) is 31.6. The van der Waals surface area contributed by atoms with Crippen molar-refractivity contribution in [3.63, 3.8) is 0 Å². The van der Waals surface area contributed by atoms with Crippen LogP contribution < -0.4 is 16.0 Å². The number of aromatic nitrogens is 3. The van der Waals surface area contributed by atoms with Crippen molar-refractivity contribution in [1.82, 2.24) is 25.8 Å². The number of anilines is 1. The van der Waals surface area contributed by atoms with Crippen molar-refractivity contribution in [2.45, 2.75) is 83.5 Å². The molecule has 5 N–H and O–H groups in total. The van der Waals surface area contributed by atoms with Crippen LogP contribution in [0, 0.1) is 18.8 Å². The van der Waals surface area contributed by atoms with Gasteiger partial charge in [-0.15, -0.1) is 0 Å². The molecule has 1 fully saturated rings. The number of hydrogen-bond acceptors (Lipinski definition) is 7. The molecule has 1 aromatic heterocycles. The van der Waals surface area contributed by atoms with Crippen LogP contribution in [0.1, 0.15) is 73.8 Å². The summed E-state index contributed by atoms with van der Waals surface area (Å²) in [6.45, 7) is 7.53. The summed E-state index contributed by atoms with van der Waals surface area (Å²) in [6, 6.07) is 16.5. The molecule has 0 unspecified atom stereocenters. The van der Waals surface area contributed by atoms with E-state index in [4.69, 9.17) is 4.74 Å². The molecule has 3 amide bonds. The number of rotatable bonds is 12. The number of nitrogens with zero attached hydrogens (tertiary/aromatic N) is 2. The molecule has 57 heavy (non-hydrogen) atoms. The highest BCUT2D eigenvalue weighted by atomic mass is 19.4. The molecule has 1 aliphatic rings. The number of aryl methyl sites for hydroxylation is 1. The fraction of sp³-hybridized carbons (Fsp3) is 0.400. The standard InChI is InChI=1S/C40H43F5N6O6/c1-22-19-28(35(54)55)15-18-30(22)25-9-5-23(6-10-25)20-31(48-33(52)27-11-7-24(8-12-27)21-46-37(56)57-38(2,3)4)34(53)47-29-16-13-26(14-17-29)32-49-36(51-50-32)39(41,42)40(43,44)45/h5-6,9-10,13-19,24,27,31H,7-8,11-12,20-21H2,1-4H3,(H,46,56)(H,47,53)(H,48,52)(H,54,55)(H,49,50,51)/t24?,27?,31-/m0/s1. The van der Waals surface area contributed by atoms with Crippen molar-refractivity contribution in [2.24, 2.45) is 11.8 Å². The molecule has 5 rings (SSSR count). The molecule has 3 aromatic carbocycles. The van der Waals surface area contributed by atoms with Crippen LogP contribution >= 0.6 is 0 Å². The molecule has 0 saturated heterocycles. The number of carbonyl (C=O) groups excluding carboxylic acids is 3. The van der Waals surface area contributed by atoms with E-state index in [1.165, 1.54) is 30.3 Å². The number of carbonyl (C=O) groups is 4. The van der Waals surface area contributed by atoms with Gasteiger partial charge in [0.1, 0.15) is 11.6 Å². The molecule has 17 heteroatoms. The number of aromatic amines is 1. The number of carboxylic acids is 1. The number of alkyl carbamates (subject to hydrolysis) is 1.